The highest BCUT2D eigenvalue weighted by atomic mass is 28.3. The van der Waals surface area contributed by atoms with Gasteiger partial charge in [0.2, 0.25) is 0 Å². The van der Waals surface area contributed by atoms with Crippen molar-refractivity contribution >= 4 is 20.1 Å². The lowest BCUT2D eigenvalue weighted by Gasteiger charge is -2.18. The predicted molar refractivity (Wildman–Crippen MR) is 88.1 cm³/mol. The molecule has 20 heavy (non-hydrogen) atoms. The molecule has 0 fully saturated rings. The highest BCUT2D eigenvalue weighted by Gasteiger charge is 2.16. The third kappa shape index (κ3) is 5.84. The molecule has 0 amide bonds. The zero-order valence-corrected chi connectivity index (χ0v) is 13.6. The van der Waals surface area contributed by atoms with Gasteiger partial charge in [-0.15, -0.1) is 0 Å². The van der Waals surface area contributed by atoms with Gasteiger partial charge in [0.15, 0.2) is 0 Å². The second kappa shape index (κ2) is 7.65. The van der Waals surface area contributed by atoms with Crippen LogP contribution in [0.1, 0.15) is 5.56 Å². The van der Waals surface area contributed by atoms with Crippen molar-refractivity contribution in [3.63, 3.8) is 0 Å². The van der Waals surface area contributed by atoms with Crippen LogP contribution in [0, 0.1) is 0 Å². The van der Waals surface area contributed by atoms with Crippen molar-refractivity contribution in [1.29, 1.82) is 0 Å². The average molecular weight is 286 g/mol. The maximum absolute atomic E-state index is 11.0. The van der Waals surface area contributed by atoms with E-state index in [0.29, 0.717) is 0 Å². The Hall–Kier alpha value is -1.87. The zero-order chi connectivity index (χ0) is 15.0. The van der Waals surface area contributed by atoms with E-state index in [-0.39, 0.29) is 5.97 Å². The van der Waals surface area contributed by atoms with Gasteiger partial charge in [-0.25, -0.2) is 4.79 Å². The van der Waals surface area contributed by atoms with Crippen molar-refractivity contribution in [2.24, 2.45) is 0 Å². The van der Waals surface area contributed by atoms with Crippen LogP contribution in [0.25, 0.3) is 6.08 Å². The quantitative estimate of drug-likeness (QED) is 0.350. The summed E-state index contributed by atoms with van der Waals surface area (Å²) < 4.78 is 4.55. The minimum atomic E-state index is -1.43. The molecule has 0 atom stereocenters. The number of rotatable bonds is 5. The van der Waals surface area contributed by atoms with Crippen molar-refractivity contribution < 1.29 is 9.53 Å². The van der Waals surface area contributed by atoms with E-state index in [9.17, 15) is 4.79 Å². The molecule has 0 aliphatic heterocycles. The number of allylic oxidation sites excluding steroid dienone is 4. The summed E-state index contributed by atoms with van der Waals surface area (Å²) in [6, 6.07) is 10.3. The Morgan fingerprint density at radius 1 is 1.05 bits per heavy atom. The highest BCUT2D eigenvalue weighted by Crippen LogP contribution is 2.19. The molecule has 0 aromatic heterocycles. The Morgan fingerprint density at radius 3 is 2.20 bits per heavy atom. The van der Waals surface area contributed by atoms with Gasteiger partial charge in [-0.2, -0.15) is 0 Å². The molecule has 0 N–H and O–H groups in total. The van der Waals surface area contributed by atoms with Gasteiger partial charge < -0.3 is 4.74 Å². The molecule has 0 aliphatic rings. The molecule has 0 heterocycles. The number of esters is 1. The Kier molecular flexibility index (Phi) is 6.19. The summed E-state index contributed by atoms with van der Waals surface area (Å²) in [4.78, 5) is 11.0. The molecule has 3 heteroatoms. The molecule has 0 unspecified atom stereocenters. The minimum absolute atomic E-state index is 0.337. The number of carbonyl (C=O) groups is 1. The largest absolute Gasteiger partial charge is 0.466 e. The van der Waals surface area contributed by atoms with Crippen LogP contribution in [-0.2, 0) is 9.53 Å². The average Bonchev–Trinajstić information content (AvgIpc) is 2.41. The van der Waals surface area contributed by atoms with Crippen molar-refractivity contribution in [2.45, 2.75) is 19.6 Å². The Labute approximate surface area is 122 Å². The maximum atomic E-state index is 11.0. The summed E-state index contributed by atoms with van der Waals surface area (Å²) in [5.74, 6) is -0.337. The topological polar surface area (TPSA) is 26.3 Å². The normalized spacial score (nSPS) is 13.1. The van der Waals surface area contributed by atoms with E-state index < -0.39 is 8.07 Å². The SMILES string of the molecule is COC(=O)/C=C/C=C/C(=C\c1ccccc1)[Si](C)(C)C. The molecule has 0 saturated heterocycles. The fraction of sp³-hybridized carbons (Fsp3) is 0.235. The maximum Gasteiger partial charge on any atom is 0.330 e. The van der Waals surface area contributed by atoms with Crippen molar-refractivity contribution in [1.82, 2.24) is 0 Å². The molecule has 0 radical (unpaired) electrons. The summed E-state index contributed by atoms with van der Waals surface area (Å²) in [6.07, 6.45) is 9.32. The van der Waals surface area contributed by atoms with Crippen molar-refractivity contribution in [3.8, 4) is 0 Å². The molecule has 0 bridgehead atoms. The van der Waals surface area contributed by atoms with Crippen LogP contribution < -0.4 is 0 Å². The zero-order valence-electron chi connectivity index (χ0n) is 12.6. The number of hydrogen-bond acceptors (Lipinski definition) is 2. The highest BCUT2D eigenvalue weighted by molar-refractivity contribution is 6.84. The third-order valence-corrected chi connectivity index (χ3v) is 4.85. The minimum Gasteiger partial charge on any atom is -0.466 e. The summed E-state index contributed by atoms with van der Waals surface area (Å²) in [5.41, 5.74) is 1.20. The Bertz CT molecular complexity index is 520. The first-order valence-electron chi connectivity index (χ1n) is 6.63. The Morgan fingerprint density at radius 2 is 1.65 bits per heavy atom. The second-order valence-corrected chi connectivity index (χ2v) is 10.6. The fourth-order valence-electron chi connectivity index (χ4n) is 1.60. The number of carbonyl (C=O) groups excluding carboxylic acids is 1. The van der Waals surface area contributed by atoms with E-state index in [0.717, 1.165) is 0 Å². The molecule has 1 aromatic rings. The van der Waals surface area contributed by atoms with Crippen LogP contribution in [0.5, 0.6) is 0 Å². The van der Waals surface area contributed by atoms with Gasteiger partial charge in [-0.3, -0.25) is 0 Å². The summed E-state index contributed by atoms with van der Waals surface area (Å²) in [6.45, 7) is 6.91. The van der Waals surface area contributed by atoms with Crippen molar-refractivity contribution in [3.05, 3.63) is 65.4 Å². The van der Waals surface area contributed by atoms with Gasteiger partial charge in [-0.1, -0.05) is 79.5 Å². The van der Waals surface area contributed by atoms with Crippen LogP contribution in [0.15, 0.2) is 59.8 Å². The van der Waals surface area contributed by atoms with E-state index in [1.54, 1.807) is 6.08 Å². The molecule has 1 rings (SSSR count). The van der Waals surface area contributed by atoms with Gasteiger partial charge >= 0.3 is 5.97 Å². The van der Waals surface area contributed by atoms with Crippen LogP contribution in [0.4, 0.5) is 0 Å². The monoisotopic (exact) mass is 286 g/mol. The van der Waals surface area contributed by atoms with Gasteiger partial charge in [0.05, 0.1) is 15.2 Å². The number of benzene rings is 1. The number of methoxy groups -OCH3 is 1. The second-order valence-electron chi connectivity index (χ2n) is 5.50. The van der Waals surface area contributed by atoms with E-state index in [1.165, 1.54) is 23.9 Å². The summed E-state index contributed by atoms with van der Waals surface area (Å²) in [5, 5.41) is 1.33. The van der Waals surface area contributed by atoms with Gasteiger partial charge in [0.25, 0.3) is 0 Å². The smallest absolute Gasteiger partial charge is 0.330 e. The molecule has 0 saturated carbocycles. The van der Waals surface area contributed by atoms with Crippen LogP contribution in [-0.4, -0.2) is 21.2 Å². The van der Waals surface area contributed by atoms with E-state index in [1.807, 2.05) is 24.3 Å². The van der Waals surface area contributed by atoms with Gasteiger partial charge in [-0.05, 0) is 5.56 Å². The van der Waals surface area contributed by atoms with Crippen LogP contribution in [0.2, 0.25) is 19.6 Å². The van der Waals surface area contributed by atoms with Gasteiger partial charge in [0, 0.05) is 6.08 Å². The molecule has 1 aromatic carbocycles. The first-order valence-corrected chi connectivity index (χ1v) is 10.1. The number of hydrogen-bond donors (Lipinski definition) is 0. The molecule has 0 aliphatic carbocycles. The van der Waals surface area contributed by atoms with Crippen LogP contribution >= 0.6 is 0 Å². The Balaban J connectivity index is 2.92. The molecular formula is C17H22O2Si. The number of ether oxygens (including phenoxy) is 1. The summed E-state index contributed by atoms with van der Waals surface area (Å²) >= 11 is 0. The van der Waals surface area contributed by atoms with Crippen molar-refractivity contribution in [2.75, 3.05) is 7.11 Å². The first kappa shape index (κ1) is 16.2. The molecule has 2 nitrogen and oxygen atoms in total. The van der Waals surface area contributed by atoms with Crippen LogP contribution in [0.3, 0.4) is 0 Å². The van der Waals surface area contributed by atoms with E-state index >= 15 is 0 Å². The van der Waals surface area contributed by atoms with E-state index in [2.05, 4.69) is 48.7 Å². The summed E-state index contributed by atoms with van der Waals surface area (Å²) in [7, 11) is -0.0565. The van der Waals surface area contributed by atoms with Gasteiger partial charge in [0.1, 0.15) is 0 Å². The lowest BCUT2D eigenvalue weighted by atomic mass is 10.2. The fourth-order valence-corrected chi connectivity index (χ4v) is 2.80. The lowest BCUT2D eigenvalue weighted by molar-refractivity contribution is -0.134. The third-order valence-electron chi connectivity index (χ3n) is 2.81. The molecule has 106 valence electrons. The molecule has 0 spiro atoms. The lowest BCUT2D eigenvalue weighted by Crippen LogP contribution is -2.22. The standard InChI is InChI=1S/C17H22O2Si/c1-19-17(18)13-9-8-12-16(20(2,3)4)14-15-10-6-5-7-11-15/h5-14H,1-4H3/b12-8+,13-9+,16-14+. The van der Waals surface area contributed by atoms with E-state index in [4.69, 9.17) is 0 Å². The predicted octanol–water partition coefficient (Wildman–Crippen LogP) is 4.23. The molecular weight excluding hydrogens is 264 g/mol. The first-order chi connectivity index (χ1) is 9.43.